The van der Waals surface area contributed by atoms with Crippen molar-refractivity contribution in [2.24, 2.45) is 0 Å². The number of imidazole rings is 1. The third kappa shape index (κ3) is 3.35. The number of carbonyl (C=O) groups excluding carboxylic acids is 1. The minimum absolute atomic E-state index is 0.314. The van der Waals surface area contributed by atoms with E-state index in [4.69, 9.17) is 0 Å². The van der Waals surface area contributed by atoms with E-state index in [1.807, 2.05) is 35.4 Å². The molecule has 1 unspecified atom stereocenters. The van der Waals surface area contributed by atoms with Crippen LogP contribution in [0.5, 0.6) is 0 Å². The van der Waals surface area contributed by atoms with Crippen LogP contribution >= 0.6 is 11.8 Å². The first-order valence-electron chi connectivity index (χ1n) is 7.39. The van der Waals surface area contributed by atoms with E-state index in [9.17, 15) is 4.79 Å². The number of rotatable bonds is 3. The van der Waals surface area contributed by atoms with Gasteiger partial charge in [-0.05, 0) is 12.8 Å². The molecule has 2 fully saturated rings. The fourth-order valence-electron chi connectivity index (χ4n) is 2.99. The van der Waals surface area contributed by atoms with Crippen molar-refractivity contribution < 1.29 is 4.79 Å². The summed E-state index contributed by atoms with van der Waals surface area (Å²) in [6, 6.07) is 0.873. The Balaban J connectivity index is 1.46. The lowest BCUT2D eigenvalue weighted by Crippen LogP contribution is -2.45. The molecule has 0 spiro atoms. The van der Waals surface area contributed by atoms with E-state index in [2.05, 4.69) is 14.9 Å². The van der Waals surface area contributed by atoms with Gasteiger partial charge in [-0.1, -0.05) is 0 Å². The van der Waals surface area contributed by atoms with Crippen molar-refractivity contribution in [1.29, 1.82) is 0 Å². The highest BCUT2D eigenvalue weighted by Crippen LogP contribution is 2.23. The second-order valence-corrected chi connectivity index (χ2v) is 6.70. The number of amides is 1. The van der Waals surface area contributed by atoms with Crippen molar-refractivity contribution in [2.75, 3.05) is 31.1 Å². The van der Waals surface area contributed by atoms with Gasteiger partial charge in [0.05, 0.1) is 6.33 Å². The second kappa shape index (κ2) is 6.63. The maximum atomic E-state index is 12.3. The molecule has 3 rings (SSSR count). The molecule has 3 heterocycles. The molecule has 2 aliphatic rings. The third-order valence-electron chi connectivity index (χ3n) is 4.18. The van der Waals surface area contributed by atoms with Crippen LogP contribution in [0.3, 0.4) is 0 Å². The smallest absolute Gasteiger partial charge is 0.224 e. The highest BCUT2D eigenvalue weighted by Gasteiger charge is 2.25. The molecular weight excluding hydrogens is 272 g/mol. The van der Waals surface area contributed by atoms with Gasteiger partial charge in [-0.3, -0.25) is 4.79 Å². The maximum absolute atomic E-state index is 12.3. The van der Waals surface area contributed by atoms with Crippen LogP contribution in [0.15, 0.2) is 18.7 Å². The Morgan fingerprint density at radius 2 is 2.25 bits per heavy atom. The minimum atomic E-state index is 0.314. The molecule has 0 saturated carbocycles. The summed E-state index contributed by atoms with van der Waals surface area (Å²) in [4.78, 5) is 18.5. The van der Waals surface area contributed by atoms with Crippen LogP contribution < -0.4 is 5.32 Å². The minimum Gasteiger partial charge on any atom is -0.342 e. The molecule has 0 aromatic carbocycles. The highest BCUT2D eigenvalue weighted by molar-refractivity contribution is 7.99. The number of hydrogen-bond donors (Lipinski definition) is 1. The zero-order valence-electron chi connectivity index (χ0n) is 11.7. The van der Waals surface area contributed by atoms with E-state index >= 15 is 0 Å². The van der Waals surface area contributed by atoms with Gasteiger partial charge in [0.1, 0.15) is 0 Å². The fraction of sp³-hybridized carbons (Fsp3) is 0.714. The predicted molar refractivity (Wildman–Crippen MR) is 80.8 cm³/mol. The lowest BCUT2D eigenvalue weighted by Gasteiger charge is -2.34. The summed E-state index contributed by atoms with van der Waals surface area (Å²) in [5.41, 5.74) is 0. The standard InChI is InChI=1S/C14H22N4OS/c19-14(9-12-10-20-8-4-16-12)17-5-1-13(2-6-17)18-7-3-15-11-18/h3,7,11-13,16H,1-2,4-6,8-10H2. The van der Waals surface area contributed by atoms with Gasteiger partial charge in [-0.15, -0.1) is 0 Å². The van der Waals surface area contributed by atoms with Crippen molar-refractivity contribution in [2.45, 2.75) is 31.3 Å². The molecule has 1 aromatic heterocycles. The average molecular weight is 294 g/mol. The number of nitrogens with zero attached hydrogens (tertiary/aromatic N) is 3. The van der Waals surface area contributed by atoms with Gasteiger partial charge < -0.3 is 14.8 Å². The van der Waals surface area contributed by atoms with Crippen LogP contribution in [0.2, 0.25) is 0 Å². The summed E-state index contributed by atoms with van der Waals surface area (Å²) in [6.07, 6.45) is 8.45. The quantitative estimate of drug-likeness (QED) is 0.908. The van der Waals surface area contributed by atoms with Gasteiger partial charge in [-0.2, -0.15) is 11.8 Å². The number of carbonyl (C=O) groups is 1. The van der Waals surface area contributed by atoms with Gasteiger partial charge in [0.15, 0.2) is 0 Å². The SMILES string of the molecule is O=C(CC1CSCCN1)N1CCC(n2ccnc2)CC1. The van der Waals surface area contributed by atoms with Gasteiger partial charge >= 0.3 is 0 Å². The van der Waals surface area contributed by atoms with E-state index in [0.717, 1.165) is 38.2 Å². The molecule has 1 aromatic rings. The van der Waals surface area contributed by atoms with Crippen LogP contribution in [0.4, 0.5) is 0 Å². The van der Waals surface area contributed by atoms with Crippen molar-refractivity contribution in [1.82, 2.24) is 19.8 Å². The van der Waals surface area contributed by atoms with E-state index in [-0.39, 0.29) is 0 Å². The molecule has 20 heavy (non-hydrogen) atoms. The molecule has 110 valence electrons. The molecule has 6 heteroatoms. The average Bonchev–Trinajstić information content (AvgIpc) is 3.03. The summed E-state index contributed by atoms with van der Waals surface area (Å²) < 4.78 is 2.17. The number of hydrogen-bond acceptors (Lipinski definition) is 4. The third-order valence-corrected chi connectivity index (χ3v) is 5.31. The summed E-state index contributed by atoms with van der Waals surface area (Å²) in [5, 5.41) is 3.44. The molecule has 2 aliphatic heterocycles. The fourth-order valence-corrected chi connectivity index (χ4v) is 3.94. The van der Waals surface area contributed by atoms with E-state index in [1.165, 1.54) is 5.75 Å². The van der Waals surface area contributed by atoms with Crippen molar-refractivity contribution in [3.63, 3.8) is 0 Å². The second-order valence-electron chi connectivity index (χ2n) is 5.55. The summed E-state index contributed by atoms with van der Waals surface area (Å²) in [5.74, 6) is 2.55. The highest BCUT2D eigenvalue weighted by atomic mass is 32.2. The Morgan fingerprint density at radius 1 is 1.40 bits per heavy atom. The summed E-state index contributed by atoms with van der Waals surface area (Å²) >= 11 is 1.95. The van der Waals surface area contributed by atoms with Gasteiger partial charge in [0, 0.05) is 62.0 Å². The number of thioether (sulfide) groups is 1. The van der Waals surface area contributed by atoms with E-state index in [0.29, 0.717) is 24.4 Å². The van der Waals surface area contributed by atoms with Crippen LogP contribution in [-0.2, 0) is 4.79 Å². The first kappa shape index (κ1) is 13.9. The van der Waals surface area contributed by atoms with Crippen LogP contribution in [0.1, 0.15) is 25.3 Å². The Kier molecular flexibility index (Phi) is 4.62. The van der Waals surface area contributed by atoms with Crippen LogP contribution in [0.25, 0.3) is 0 Å². The number of aromatic nitrogens is 2. The zero-order valence-corrected chi connectivity index (χ0v) is 12.5. The largest absolute Gasteiger partial charge is 0.342 e. The van der Waals surface area contributed by atoms with Crippen LogP contribution in [-0.4, -0.2) is 57.5 Å². The van der Waals surface area contributed by atoms with E-state index in [1.54, 1.807) is 0 Å². The Bertz CT molecular complexity index is 422. The van der Waals surface area contributed by atoms with Gasteiger partial charge in [0.25, 0.3) is 0 Å². The topological polar surface area (TPSA) is 50.2 Å². The van der Waals surface area contributed by atoms with Gasteiger partial charge in [0.2, 0.25) is 5.91 Å². The van der Waals surface area contributed by atoms with E-state index < -0.39 is 0 Å². The lowest BCUT2D eigenvalue weighted by molar-refractivity contribution is -0.132. The predicted octanol–water partition coefficient (Wildman–Crippen LogP) is 1.14. The first-order chi connectivity index (χ1) is 9.83. The molecule has 0 radical (unpaired) electrons. The van der Waals surface area contributed by atoms with Crippen molar-refractivity contribution in [3.8, 4) is 0 Å². The van der Waals surface area contributed by atoms with Crippen LogP contribution in [0, 0.1) is 0 Å². The number of piperidine rings is 1. The molecule has 2 saturated heterocycles. The number of nitrogens with one attached hydrogen (secondary N) is 1. The molecule has 1 amide bonds. The Labute approximate surface area is 124 Å². The molecule has 0 bridgehead atoms. The molecule has 0 aliphatic carbocycles. The lowest BCUT2D eigenvalue weighted by atomic mass is 10.0. The number of likely N-dealkylation sites (tertiary alicyclic amines) is 1. The van der Waals surface area contributed by atoms with Gasteiger partial charge in [-0.25, -0.2) is 4.98 Å². The molecular formula is C14H22N4OS. The normalized spacial score (nSPS) is 24.8. The molecule has 5 nitrogen and oxygen atoms in total. The Hall–Kier alpha value is -1.01. The maximum Gasteiger partial charge on any atom is 0.224 e. The first-order valence-corrected chi connectivity index (χ1v) is 8.55. The molecule has 1 N–H and O–H groups in total. The molecule has 1 atom stereocenters. The Morgan fingerprint density at radius 3 is 2.90 bits per heavy atom. The zero-order chi connectivity index (χ0) is 13.8. The monoisotopic (exact) mass is 294 g/mol. The summed E-state index contributed by atoms with van der Waals surface area (Å²) in [7, 11) is 0. The van der Waals surface area contributed by atoms with Crippen molar-refractivity contribution in [3.05, 3.63) is 18.7 Å². The summed E-state index contributed by atoms with van der Waals surface area (Å²) in [6.45, 7) is 2.79. The van der Waals surface area contributed by atoms with Crippen molar-refractivity contribution >= 4 is 17.7 Å².